The molecule has 222 valence electrons. The lowest BCUT2D eigenvalue weighted by Gasteiger charge is -2.34. The summed E-state index contributed by atoms with van der Waals surface area (Å²) in [6.45, 7) is 4.78. The molecule has 41 heavy (non-hydrogen) atoms. The minimum atomic E-state index is -2.98. The molecular weight excluding hydrogens is 534 g/mol. The van der Waals surface area contributed by atoms with Crippen molar-refractivity contribution in [1.82, 2.24) is 14.8 Å². The van der Waals surface area contributed by atoms with Crippen LogP contribution in [0.1, 0.15) is 48.5 Å². The molecule has 1 aliphatic carbocycles. The third kappa shape index (κ3) is 8.48. The van der Waals surface area contributed by atoms with E-state index in [1.165, 1.54) is 18.2 Å². The summed E-state index contributed by atoms with van der Waals surface area (Å²) in [5.74, 6) is 0.674. The lowest BCUT2D eigenvalue weighted by atomic mass is 10.2. The number of halogens is 2. The van der Waals surface area contributed by atoms with Crippen molar-refractivity contribution in [3.63, 3.8) is 0 Å². The van der Waals surface area contributed by atoms with Crippen LogP contribution >= 0.6 is 0 Å². The highest BCUT2D eigenvalue weighted by Gasteiger charge is 2.28. The first-order chi connectivity index (χ1) is 20.0. The lowest BCUT2D eigenvalue weighted by molar-refractivity contribution is -0.0515. The number of carbonyl (C=O) groups excluding carboxylic acids is 1. The van der Waals surface area contributed by atoms with E-state index < -0.39 is 6.61 Å². The molecule has 1 saturated carbocycles. The van der Waals surface area contributed by atoms with Crippen molar-refractivity contribution >= 4 is 5.91 Å². The fourth-order valence-electron chi connectivity index (χ4n) is 4.32. The number of piperazine rings is 1. The third-order valence-corrected chi connectivity index (χ3v) is 6.71. The van der Waals surface area contributed by atoms with Gasteiger partial charge in [0.2, 0.25) is 5.89 Å². The number of amides is 1. The molecule has 0 atom stereocenters. The quantitative estimate of drug-likeness (QED) is 0.318. The number of rotatable bonds is 12. The maximum atomic E-state index is 13.3. The Bertz CT molecular complexity index is 1240. The number of nitrogens with two attached hydrogens (primary N) is 1. The zero-order valence-electron chi connectivity index (χ0n) is 23.6. The van der Waals surface area contributed by atoms with Crippen molar-refractivity contribution in [2.45, 2.75) is 46.5 Å². The van der Waals surface area contributed by atoms with Gasteiger partial charge in [0.15, 0.2) is 23.0 Å². The molecule has 2 heterocycles. The highest BCUT2D eigenvalue weighted by atomic mass is 19.3. The number of ether oxygens (including phenoxy) is 3. The smallest absolute Gasteiger partial charge is 0.387 e. The maximum absolute atomic E-state index is 13.3. The molecule has 0 unspecified atom stereocenters. The first-order valence-corrected chi connectivity index (χ1v) is 14.0. The normalized spacial score (nSPS) is 15.4. The van der Waals surface area contributed by atoms with Crippen LogP contribution in [0.2, 0.25) is 0 Å². The predicted octanol–water partition coefficient (Wildman–Crippen LogP) is 5.15. The Morgan fingerprint density at radius 2 is 1.80 bits per heavy atom. The van der Waals surface area contributed by atoms with Crippen LogP contribution in [-0.4, -0.2) is 66.8 Å². The van der Waals surface area contributed by atoms with Gasteiger partial charge < -0.3 is 29.3 Å². The second-order valence-electron chi connectivity index (χ2n) is 9.66. The van der Waals surface area contributed by atoms with Crippen LogP contribution in [0.4, 0.5) is 8.78 Å². The first-order valence-electron chi connectivity index (χ1n) is 14.0. The van der Waals surface area contributed by atoms with Crippen molar-refractivity contribution in [1.29, 1.82) is 0 Å². The van der Waals surface area contributed by atoms with Crippen LogP contribution in [0.5, 0.6) is 11.5 Å². The van der Waals surface area contributed by atoms with Gasteiger partial charge in [-0.05, 0) is 42.5 Å². The van der Waals surface area contributed by atoms with Gasteiger partial charge in [0.05, 0.1) is 26.5 Å². The Balaban J connectivity index is 0.00000189. The minimum absolute atomic E-state index is 0.0149. The van der Waals surface area contributed by atoms with E-state index in [9.17, 15) is 13.6 Å². The largest absolute Gasteiger partial charge is 0.489 e. The maximum Gasteiger partial charge on any atom is 0.387 e. The summed E-state index contributed by atoms with van der Waals surface area (Å²) in [6.07, 6.45) is 2.09. The summed E-state index contributed by atoms with van der Waals surface area (Å²) in [5.41, 5.74) is 7.60. The molecule has 2 N–H and O–H groups in total. The Kier molecular flexibility index (Phi) is 11.1. The van der Waals surface area contributed by atoms with Crippen LogP contribution in [0.25, 0.3) is 11.5 Å². The number of alkyl halides is 2. The van der Waals surface area contributed by atoms with Crippen LogP contribution < -0.4 is 15.2 Å². The molecule has 0 radical (unpaired) electrons. The molecule has 2 aliphatic rings. The third-order valence-electron chi connectivity index (χ3n) is 6.71. The molecule has 1 aliphatic heterocycles. The molecule has 0 bridgehead atoms. The van der Waals surface area contributed by atoms with Gasteiger partial charge in [0.1, 0.15) is 0 Å². The first kappa shape index (κ1) is 30.4. The SMILES string of the molecule is CC.NCc1oc(-c2ccc(OC(F)F)c(OCC3CC3)c2)nc1C(=O)N1CCN(COCc2ccccc2)CC1. The fourth-order valence-corrected chi connectivity index (χ4v) is 4.32. The summed E-state index contributed by atoms with van der Waals surface area (Å²) in [6, 6.07) is 14.4. The van der Waals surface area contributed by atoms with Crippen molar-refractivity contribution in [2.75, 3.05) is 39.5 Å². The number of hydrogen-bond acceptors (Lipinski definition) is 8. The van der Waals surface area contributed by atoms with Crippen molar-refractivity contribution in [3.8, 4) is 23.0 Å². The van der Waals surface area contributed by atoms with Gasteiger partial charge in [0, 0.05) is 31.7 Å². The minimum Gasteiger partial charge on any atom is -0.489 e. The van der Waals surface area contributed by atoms with Crippen LogP contribution in [-0.2, 0) is 17.9 Å². The number of carbonyl (C=O) groups is 1. The van der Waals surface area contributed by atoms with Crippen molar-refractivity contribution in [2.24, 2.45) is 11.7 Å². The summed E-state index contributed by atoms with van der Waals surface area (Å²) >= 11 is 0. The van der Waals surface area contributed by atoms with E-state index in [2.05, 4.69) is 14.6 Å². The molecule has 2 aromatic carbocycles. The Morgan fingerprint density at radius 3 is 2.46 bits per heavy atom. The van der Waals surface area contributed by atoms with Gasteiger partial charge in [-0.25, -0.2) is 4.98 Å². The zero-order valence-corrected chi connectivity index (χ0v) is 23.6. The number of aromatic nitrogens is 1. The molecule has 9 nitrogen and oxygen atoms in total. The summed E-state index contributed by atoms with van der Waals surface area (Å²) in [7, 11) is 0. The lowest BCUT2D eigenvalue weighted by Crippen LogP contribution is -2.49. The van der Waals surface area contributed by atoms with Gasteiger partial charge in [0.25, 0.3) is 5.91 Å². The fraction of sp³-hybridized carbons (Fsp3) is 0.467. The summed E-state index contributed by atoms with van der Waals surface area (Å²) < 4.78 is 47.8. The molecule has 0 spiro atoms. The molecular formula is C30H38F2N4O5. The highest BCUT2D eigenvalue weighted by molar-refractivity contribution is 5.94. The average Bonchev–Trinajstić information content (AvgIpc) is 3.74. The van der Waals surface area contributed by atoms with Gasteiger partial charge in [-0.3, -0.25) is 9.69 Å². The van der Waals surface area contributed by atoms with Crippen LogP contribution in [0, 0.1) is 5.92 Å². The topological polar surface area (TPSA) is 103 Å². The van der Waals surface area contributed by atoms with E-state index in [0.29, 0.717) is 57.6 Å². The molecule has 1 aromatic heterocycles. The molecule has 3 aromatic rings. The second-order valence-corrected chi connectivity index (χ2v) is 9.66. The number of benzene rings is 2. The standard InChI is InChI=1S/C28H32F2N4O5.C2H6/c29-28(30)39-22-9-8-21(14-23(22)37-17-20-6-7-20)26-32-25(24(15-31)38-26)27(35)34-12-10-33(11-13-34)18-36-16-19-4-2-1-3-5-19;1-2/h1-5,8-9,14,20,28H,6-7,10-13,15-18,31H2;1-2H3. The summed E-state index contributed by atoms with van der Waals surface area (Å²) in [4.78, 5) is 21.6. The van der Waals surface area contributed by atoms with E-state index >= 15 is 0 Å². The number of oxazole rings is 1. The molecule has 1 amide bonds. The zero-order chi connectivity index (χ0) is 29.2. The monoisotopic (exact) mass is 572 g/mol. The predicted molar refractivity (Wildman–Crippen MR) is 150 cm³/mol. The van der Waals surface area contributed by atoms with Crippen LogP contribution in [0.3, 0.4) is 0 Å². The van der Waals surface area contributed by atoms with Gasteiger partial charge >= 0.3 is 6.61 Å². The van der Waals surface area contributed by atoms with Crippen molar-refractivity contribution < 1.29 is 32.2 Å². The number of nitrogens with zero attached hydrogens (tertiary/aromatic N) is 3. The van der Waals surface area contributed by atoms with E-state index in [1.807, 2.05) is 44.2 Å². The van der Waals surface area contributed by atoms with Crippen LogP contribution in [0.15, 0.2) is 52.9 Å². The summed E-state index contributed by atoms with van der Waals surface area (Å²) in [5, 5.41) is 0. The van der Waals surface area contributed by atoms with E-state index in [4.69, 9.17) is 19.6 Å². The molecule has 1 saturated heterocycles. The second kappa shape index (κ2) is 14.9. The molecule has 11 heteroatoms. The molecule has 2 fully saturated rings. The Labute approximate surface area is 239 Å². The Morgan fingerprint density at radius 1 is 1.07 bits per heavy atom. The van der Waals surface area contributed by atoms with E-state index in [-0.39, 0.29) is 41.3 Å². The Hall–Kier alpha value is -3.54. The van der Waals surface area contributed by atoms with E-state index in [0.717, 1.165) is 18.4 Å². The van der Waals surface area contributed by atoms with Gasteiger partial charge in [-0.1, -0.05) is 44.2 Å². The van der Waals surface area contributed by atoms with Gasteiger partial charge in [-0.2, -0.15) is 8.78 Å². The molecule has 5 rings (SSSR count). The average molecular weight is 573 g/mol. The van der Waals surface area contributed by atoms with E-state index in [1.54, 1.807) is 4.90 Å². The highest BCUT2D eigenvalue weighted by Crippen LogP contribution is 2.36. The number of hydrogen-bond donors (Lipinski definition) is 1. The van der Waals surface area contributed by atoms with Gasteiger partial charge in [-0.15, -0.1) is 0 Å². The van der Waals surface area contributed by atoms with Crippen molar-refractivity contribution in [3.05, 3.63) is 65.5 Å².